The first kappa shape index (κ1) is 18.8. The number of fused-ring (bicyclic) bond motifs is 1. The summed E-state index contributed by atoms with van der Waals surface area (Å²) in [6.45, 7) is 0. The number of hydrogen-bond acceptors (Lipinski definition) is 6. The molecule has 0 fully saturated rings. The molecule has 0 saturated carbocycles. The molecule has 1 amide bonds. The maximum Gasteiger partial charge on any atom is 0.244 e. The van der Waals surface area contributed by atoms with Gasteiger partial charge in [0.2, 0.25) is 5.91 Å². The maximum absolute atomic E-state index is 12.0. The monoisotopic (exact) mass is 406 g/mol. The topological polar surface area (TPSA) is 92.5 Å². The highest BCUT2D eigenvalue weighted by Gasteiger charge is 2.08. The van der Waals surface area contributed by atoms with Crippen molar-refractivity contribution in [1.82, 2.24) is 15.4 Å². The Bertz CT molecular complexity index is 1130. The fourth-order valence-electron chi connectivity index (χ4n) is 2.71. The van der Waals surface area contributed by atoms with Gasteiger partial charge in [-0.3, -0.25) is 4.79 Å². The zero-order valence-electron chi connectivity index (χ0n) is 15.6. The van der Waals surface area contributed by atoms with Crippen LogP contribution in [0, 0.1) is 0 Å². The van der Waals surface area contributed by atoms with Gasteiger partial charge in [-0.1, -0.05) is 24.3 Å². The zero-order chi connectivity index (χ0) is 20.1. The van der Waals surface area contributed by atoms with Crippen LogP contribution in [0.1, 0.15) is 11.3 Å². The van der Waals surface area contributed by atoms with Gasteiger partial charge in [0.1, 0.15) is 11.5 Å². The molecule has 0 radical (unpaired) electrons. The maximum atomic E-state index is 12.0. The number of H-pyrrole nitrogens is 1. The summed E-state index contributed by atoms with van der Waals surface area (Å²) < 4.78 is 10.9. The molecule has 0 aliphatic rings. The van der Waals surface area contributed by atoms with Crippen LogP contribution in [0.5, 0.6) is 5.75 Å². The highest BCUT2D eigenvalue weighted by molar-refractivity contribution is 7.99. The van der Waals surface area contributed by atoms with Gasteiger partial charge in [0, 0.05) is 0 Å². The summed E-state index contributed by atoms with van der Waals surface area (Å²) in [5.41, 5.74) is 5.22. The van der Waals surface area contributed by atoms with Crippen LogP contribution in [0.4, 0.5) is 0 Å². The van der Waals surface area contributed by atoms with Crippen LogP contribution in [0.3, 0.4) is 0 Å². The average molecular weight is 406 g/mol. The Morgan fingerprint density at radius 3 is 3.00 bits per heavy atom. The molecule has 2 aromatic carbocycles. The van der Waals surface area contributed by atoms with E-state index >= 15 is 0 Å². The van der Waals surface area contributed by atoms with Gasteiger partial charge in [-0.15, -0.1) is 0 Å². The van der Waals surface area contributed by atoms with Gasteiger partial charge in [0.05, 0.1) is 30.8 Å². The van der Waals surface area contributed by atoms with E-state index in [0.717, 1.165) is 21.8 Å². The normalized spacial score (nSPS) is 11.2. The standard InChI is InChI=1S/C21H18N4O3S/c1-27-15-6-4-5-14(11-15)12-19(26)25-22-13-16-9-10-20(28-16)29-21-23-17-7-2-3-8-18(17)24-21/h2-11,13H,12H2,1H3,(H,23,24)(H,25,26)/b22-13+. The molecule has 7 nitrogen and oxygen atoms in total. The molecule has 0 saturated heterocycles. The third kappa shape index (κ3) is 4.85. The summed E-state index contributed by atoms with van der Waals surface area (Å²) in [6, 6.07) is 18.8. The number of nitrogens with one attached hydrogen (secondary N) is 2. The Morgan fingerprint density at radius 1 is 1.24 bits per heavy atom. The number of aromatic nitrogens is 2. The van der Waals surface area contributed by atoms with E-state index in [-0.39, 0.29) is 12.3 Å². The number of ether oxygens (including phenoxy) is 1. The summed E-state index contributed by atoms with van der Waals surface area (Å²) in [5.74, 6) is 1.02. The molecule has 2 N–H and O–H groups in total. The smallest absolute Gasteiger partial charge is 0.244 e. The van der Waals surface area contributed by atoms with E-state index in [1.165, 1.54) is 18.0 Å². The minimum absolute atomic E-state index is 0.208. The fourth-order valence-corrected chi connectivity index (χ4v) is 3.48. The number of benzene rings is 2. The van der Waals surface area contributed by atoms with E-state index < -0.39 is 0 Å². The quantitative estimate of drug-likeness (QED) is 0.357. The number of furan rings is 1. The van der Waals surface area contributed by atoms with Crippen molar-refractivity contribution in [2.75, 3.05) is 7.11 Å². The molecule has 4 rings (SSSR count). The lowest BCUT2D eigenvalue weighted by atomic mass is 10.1. The lowest BCUT2D eigenvalue weighted by molar-refractivity contribution is -0.120. The summed E-state index contributed by atoms with van der Waals surface area (Å²) in [7, 11) is 1.59. The fraction of sp³-hybridized carbons (Fsp3) is 0.0952. The first-order valence-electron chi connectivity index (χ1n) is 8.87. The predicted molar refractivity (Wildman–Crippen MR) is 111 cm³/mol. The molecular formula is C21H18N4O3S. The first-order valence-corrected chi connectivity index (χ1v) is 9.68. The molecule has 8 heteroatoms. The Balaban J connectivity index is 1.32. The largest absolute Gasteiger partial charge is 0.497 e. The number of carbonyl (C=O) groups excluding carboxylic acids is 1. The van der Waals surface area contributed by atoms with Gasteiger partial charge in [0.15, 0.2) is 10.2 Å². The van der Waals surface area contributed by atoms with Crippen molar-refractivity contribution in [1.29, 1.82) is 0 Å². The number of hydrogen-bond donors (Lipinski definition) is 2. The van der Waals surface area contributed by atoms with Crippen LogP contribution in [0.15, 0.2) is 80.4 Å². The summed E-state index contributed by atoms with van der Waals surface area (Å²) in [4.78, 5) is 19.8. The molecule has 0 atom stereocenters. The molecule has 29 heavy (non-hydrogen) atoms. The summed E-state index contributed by atoms with van der Waals surface area (Å²) >= 11 is 1.38. The number of rotatable bonds is 7. The second-order valence-corrected chi connectivity index (χ2v) is 7.13. The van der Waals surface area contributed by atoms with Crippen LogP contribution in [-0.4, -0.2) is 29.2 Å². The van der Waals surface area contributed by atoms with Crippen molar-refractivity contribution in [3.63, 3.8) is 0 Å². The minimum Gasteiger partial charge on any atom is -0.497 e. The first-order chi connectivity index (χ1) is 14.2. The van der Waals surface area contributed by atoms with E-state index in [4.69, 9.17) is 9.15 Å². The summed E-state index contributed by atoms with van der Waals surface area (Å²) in [5, 5.41) is 5.37. The number of amides is 1. The second kappa shape index (κ2) is 8.66. The minimum atomic E-state index is -0.224. The number of nitrogens with zero attached hydrogens (tertiary/aromatic N) is 2. The van der Waals surface area contributed by atoms with Crippen molar-refractivity contribution >= 4 is 34.9 Å². The molecule has 4 aromatic rings. The van der Waals surface area contributed by atoms with Crippen molar-refractivity contribution in [3.05, 3.63) is 72.0 Å². The van der Waals surface area contributed by atoms with Crippen molar-refractivity contribution < 1.29 is 13.9 Å². The van der Waals surface area contributed by atoms with Gasteiger partial charge < -0.3 is 14.1 Å². The molecule has 2 aromatic heterocycles. The lowest BCUT2D eigenvalue weighted by Crippen LogP contribution is -2.19. The molecule has 0 aliphatic heterocycles. The van der Waals surface area contributed by atoms with Crippen LogP contribution in [0.25, 0.3) is 11.0 Å². The molecule has 0 aliphatic carbocycles. The van der Waals surface area contributed by atoms with Gasteiger partial charge in [0.25, 0.3) is 0 Å². The molecule has 2 heterocycles. The van der Waals surface area contributed by atoms with E-state index in [1.807, 2.05) is 54.6 Å². The van der Waals surface area contributed by atoms with Crippen LogP contribution in [0.2, 0.25) is 0 Å². The highest BCUT2D eigenvalue weighted by Crippen LogP contribution is 2.28. The average Bonchev–Trinajstić information content (AvgIpc) is 3.34. The third-order valence-electron chi connectivity index (χ3n) is 4.05. The molecule has 0 spiro atoms. The number of methoxy groups -OCH3 is 1. The zero-order valence-corrected chi connectivity index (χ0v) is 16.4. The SMILES string of the molecule is COc1cccc(CC(=O)N/N=C/c2ccc(Sc3nc4ccccc4[nH]3)o2)c1. The van der Waals surface area contributed by atoms with Crippen molar-refractivity contribution in [2.24, 2.45) is 5.10 Å². The van der Waals surface area contributed by atoms with Crippen molar-refractivity contribution in [3.8, 4) is 5.75 Å². The van der Waals surface area contributed by atoms with Crippen LogP contribution < -0.4 is 10.2 Å². The Hall–Kier alpha value is -3.52. The van der Waals surface area contributed by atoms with E-state index in [0.29, 0.717) is 16.6 Å². The van der Waals surface area contributed by atoms with E-state index in [2.05, 4.69) is 20.5 Å². The summed E-state index contributed by atoms with van der Waals surface area (Å²) in [6.07, 6.45) is 1.67. The molecular weight excluding hydrogens is 388 g/mol. The number of para-hydroxylation sites is 2. The lowest BCUT2D eigenvalue weighted by Gasteiger charge is -2.03. The second-order valence-electron chi connectivity index (χ2n) is 6.14. The van der Waals surface area contributed by atoms with Gasteiger partial charge in [-0.2, -0.15) is 5.10 Å². The Morgan fingerprint density at radius 2 is 2.14 bits per heavy atom. The molecule has 146 valence electrons. The van der Waals surface area contributed by atoms with Crippen molar-refractivity contribution in [2.45, 2.75) is 16.7 Å². The molecule has 0 bridgehead atoms. The Labute approximate surface area is 171 Å². The highest BCUT2D eigenvalue weighted by atomic mass is 32.2. The van der Waals surface area contributed by atoms with E-state index in [9.17, 15) is 4.79 Å². The van der Waals surface area contributed by atoms with Crippen LogP contribution >= 0.6 is 11.8 Å². The Kier molecular flexibility index (Phi) is 5.62. The number of carbonyl (C=O) groups is 1. The van der Waals surface area contributed by atoms with E-state index in [1.54, 1.807) is 13.2 Å². The van der Waals surface area contributed by atoms with Gasteiger partial charge in [-0.25, -0.2) is 10.4 Å². The number of hydrazone groups is 1. The van der Waals surface area contributed by atoms with Gasteiger partial charge >= 0.3 is 0 Å². The predicted octanol–water partition coefficient (Wildman–Crippen LogP) is 4.01. The number of aromatic amines is 1. The molecule has 0 unspecified atom stereocenters. The number of imidazole rings is 1. The van der Waals surface area contributed by atoms with Crippen LogP contribution in [-0.2, 0) is 11.2 Å². The third-order valence-corrected chi connectivity index (χ3v) is 4.85. The van der Waals surface area contributed by atoms with Gasteiger partial charge in [-0.05, 0) is 53.7 Å².